The van der Waals surface area contributed by atoms with Gasteiger partial charge in [-0.25, -0.2) is 0 Å². The average molecular weight is 312 g/mol. The van der Waals surface area contributed by atoms with E-state index in [9.17, 15) is 4.79 Å². The Bertz CT molecular complexity index is 557. The Morgan fingerprint density at radius 2 is 1.74 bits per heavy atom. The van der Waals surface area contributed by atoms with E-state index >= 15 is 0 Å². The number of likely N-dealkylation sites (tertiary alicyclic amines) is 2. The topological polar surface area (TPSA) is 23.6 Å². The summed E-state index contributed by atoms with van der Waals surface area (Å²) >= 11 is 0. The van der Waals surface area contributed by atoms with Crippen LogP contribution in [0, 0.1) is 0 Å². The zero-order valence-corrected chi connectivity index (χ0v) is 14.0. The van der Waals surface area contributed by atoms with Crippen molar-refractivity contribution in [2.75, 3.05) is 26.2 Å². The van der Waals surface area contributed by atoms with E-state index in [1.807, 2.05) is 0 Å². The van der Waals surface area contributed by atoms with Crippen LogP contribution in [0.25, 0.3) is 0 Å². The summed E-state index contributed by atoms with van der Waals surface area (Å²) in [7, 11) is 0. The monoisotopic (exact) mass is 312 g/mol. The number of nitrogens with zero attached hydrogens (tertiary/aromatic N) is 2. The molecule has 2 heterocycles. The molecule has 0 radical (unpaired) electrons. The summed E-state index contributed by atoms with van der Waals surface area (Å²) in [6.07, 6.45) is 8.08. The molecule has 1 aliphatic carbocycles. The largest absolute Gasteiger partial charge is 0.343 e. The number of amides is 1. The number of aryl methyl sites for hydroxylation is 1. The van der Waals surface area contributed by atoms with E-state index in [-0.39, 0.29) is 0 Å². The molecule has 2 fully saturated rings. The van der Waals surface area contributed by atoms with Gasteiger partial charge in [-0.3, -0.25) is 4.79 Å². The molecule has 1 aromatic rings. The maximum absolute atomic E-state index is 12.7. The summed E-state index contributed by atoms with van der Waals surface area (Å²) in [6, 6.07) is 9.41. The Morgan fingerprint density at radius 3 is 2.52 bits per heavy atom. The molecule has 0 bridgehead atoms. The molecule has 2 saturated heterocycles. The number of hydrogen-bond acceptors (Lipinski definition) is 2. The van der Waals surface area contributed by atoms with Crippen LogP contribution >= 0.6 is 0 Å². The average Bonchev–Trinajstić information content (AvgIpc) is 3.25. The molecule has 3 heteroatoms. The number of carbonyl (C=O) groups is 1. The maximum Gasteiger partial charge on any atom is 0.223 e. The van der Waals surface area contributed by atoms with E-state index in [1.54, 1.807) is 0 Å². The first-order valence-electron chi connectivity index (χ1n) is 9.41. The van der Waals surface area contributed by atoms with E-state index in [0.717, 1.165) is 32.0 Å². The van der Waals surface area contributed by atoms with Crippen LogP contribution in [0.2, 0.25) is 0 Å². The molecule has 0 aromatic heterocycles. The molecule has 0 spiro atoms. The fraction of sp³-hybridized carbons (Fsp3) is 0.650. The van der Waals surface area contributed by atoms with Crippen molar-refractivity contribution in [2.24, 2.45) is 0 Å². The lowest BCUT2D eigenvalue weighted by Crippen LogP contribution is -2.46. The number of benzene rings is 1. The van der Waals surface area contributed by atoms with Crippen LogP contribution in [0.3, 0.4) is 0 Å². The van der Waals surface area contributed by atoms with E-state index in [0.29, 0.717) is 18.2 Å². The molecule has 124 valence electrons. The second kappa shape index (κ2) is 6.64. The Morgan fingerprint density at radius 1 is 1.00 bits per heavy atom. The van der Waals surface area contributed by atoms with Crippen molar-refractivity contribution in [1.82, 2.24) is 9.80 Å². The van der Waals surface area contributed by atoms with E-state index < -0.39 is 0 Å². The highest BCUT2D eigenvalue weighted by molar-refractivity contribution is 5.77. The fourth-order valence-electron chi connectivity index (χ4n) is 4.78. The molecular weight excluding hydrogens is 284 g/mol. The fourth-order valence-corrected chi connectivity index (χ4v) is 4.78. The number of carbonyl (C=O) groups excluding carboxylic acids is 1. The summed E-state index contributed by atoms with van der Waals surface area (Å²) in [5, 5.41) is 0. The highest BCUT2D eigenvalue weighted by atomic mass is 16.2. The molecule has 3 nitrogen and oxygen atoms in total. The lowest BCUT2D eigenvalue weighted by atomic mass is 9.96. The predicted octanol–water partition coefficient (Wildman–Crippen LogP) is 3.19. The molecule has 4 rings (SSSR count). The molecule has 2 aliphatic heterocycles. The third kappa shape index (κ3) is 3.16. The van der Waals surface area contributed by atoms with Crippen LogP contribution < -0.4 is 0 Å². The van der Waals surface area contributed by atoms with Gasteiger partial charge in [0.25, 0.3) is 0 Å². The number of piperidine rings is 1. The lowest BCUT2D eigenvalue weighted by Gasteiger charge is -2.37. The van der Waals surface area contributed by atoms with Crippen LogP contribution in [0.15, 0.2) is 24.3 Å². The van der Waals surface area contributed by atoms with Crippen LogP contribution in [0.4, 0.5) is 0 Å². The van der Waals surface area contributed by atoms with Crippen LogP contribution in [-0.2, 0) is 11.2 Å². The van der Waals surface area contributed by atoms with Gasteiger partial charge in [0.1, 0.15) is 0 Å². The Kier molecular flexibility index (Phi) is 4.39. The standard InChI is InChI=1S/C20H28N2O/c23-20(15-17-8-7-16-5-1-2-6-19(16)17)22-13-9-18(10-14-22)21-11-3-4-12-21/h1-2,5-6,17-18H,3-4,7-15H2/t17-/m0/s1. The van der Waals surface area contributed by atoms with Gasteiger partial charge in [0.05, 0.1) is 0 Å². The Hall–Kier alpha value is -1.35. The summed E-state index contributed by atoms with van der Waals surface area (Å²) < 4.78 is 0. The molecule has 3 aliphatic rings. The van der Waals surface area contributed by atoms with Crippen LogP contribution in [-0.4, -0.2) is 47.9 Å². The first-order valence-corrected chi connectivity index (χ1v) is 9.41. The summed E-state index contributed by atoms with van der Waals surface area (Å²) in [4.78, 5) is 17.5. The predicted molar refractivity (Wildman–Crippen MR) is 92.5 cm³/mol. The first-order chi connectivity index (χ1) is 11.3. The zero-order chi connectivity index (χ0) is 15.6. The molecule has 0 N–H and O–H groups in total. The maximum atomic E-state index is 12.7. The lowest BCUT2D eigenvalue weighted by molar-refractivity contribution is -0.133. The van der Waals surface area contributed by atoms with Crippen LogP contribution in [0.1, 0.15) is 55.6 Å². The normalized spacial score (nSPS) is 25.7. The minimum Gasteiger partial charge on any atom is -0.343 e. The summed E-state index contributed by atoms with van der Waals surface area (Å²) in [5.41, 5.74) is 2.88. The third-order valence-corrected chi connectivity index (χ3v) is 6.15. The van der Waals surface area contributed by atoms with E-state index in [1.165, 1.54) is 49.9 Å². The SMILES string of the molecule is O=C(C[C@@H]1CCc2ccccc21)N1CCC(N2CCCC2)CC1. The molecular formula is C20H28N2O. The van der Waals surface area contributed by atoms with Crippen molar-refractivity contribution in [3.8, 4) is 0 Å². The highest BCUT2D eigenvalue weighted by Gasteiger charge is 2.30. The second-order valence-electron chi connectivity index (χ2n) is 7.49. The van der Waals surface area contributed by atoms with Crippen molar-refractivity contribution >= 4 is 5.91 Å². The molecule has 1 atom stereocenters. The molecule has 0 saturated carbocycles. The van der Waals surface area contributed by atoms with Gasteiger partial charge in [0, 0.05) is 25.6 Å². The van der Waals surface area contributed by atoms with Gasteiger partial charge in [0.2, 0.25) is 5.91 Å². The quantitative estimate of drug-likeness (QED) is 0.856. The highest BCUT2D eigenvalue weighted by Crippen LogP contribution is 2.35. The smallest absolute Gasteiger partial charge is 0.223 e. The van der Waals surface area contributed by atoms with E-state index in [4.69, 9.17) is 0 Å². The van der Waals surface area contributed by atoms with Crippen molar-refractivity contribution in [3.63, 3.8) is 0 Å². The Labute approximate surface area is 139 Å². The molecule has 23 heavy (non-hydrogen) atoms. The molecule has 1 aromatic carbocycles. The van der Waals surface area contributed by atoms with Gasteiger partial charge in [-0.1, -0.05) is 24.3 Å². The van der Waals surface area contributed by atoms with Crippen molar-refractivity contribution in [3.05, 3.63) is 35.4 Å². The van der Waals surface area contributed by atoms with Gasteiger partial charge < -0.3 is 9.80 Å². The summed E-state index contributed by atoms with van der Waals surface area (Å²) in [5.74, 6) is 0.835. The van der Waals surface area contributed by atoms with Gasteiger partial charge in [-0.15, -0.1) is 0 Å². The first kappa shape index (κ1) is 15.2. The molecule has 1 amide bonds. The second-order valence-corrected chi connectivity index (χ2v) is 7.49. The van der Waals surface area contributed by atoms with Crippen LogP contribution in [0.5, 0.6) is 0 Å². The molecule has 0 unspecified atom stereocenters. The van der Waals surface area contributed by atoms with Gasteiger partial charge in [-0.2, -0.15) is 0 Å². The van der Waals surface area contributed by atoms with Crippen molar-refractivity contribution < 1.29 is 4.79 Å². The minimum absolute atomic E-state index is 0.381. The van der Waals surface area contributed by atoms with E-state index in [2.05, 4.69) is 34.1 Å². The number of fused-ring (bicyclic) bond motifs is 1. The van der Waals surface area contributed by atoms with Gasteiger partial charge >= 0.3 is 0 Å². The third-order valence-electron chi connectivity index (χ3n) is 6.15. The number of rotatable bonds is 3. The van der Waals surface area contributed by atoms with Gasteiger partial charge in [0.15, 0.2) is 0 Å². The number of hydrogen-bond donors (Lipinski definition) is 0. The Balaban J connectivity index is 1.31. The zero-order valence-electron chi connectivity index (χ0n) is 14.0. The van der Waals surface area contributed by atoms with Crippen molar-refractivity contribution in [2.45, 2.75) is 56.9 Å². The summed E-state index contributed by atoms with van der Waals surface area (Å²) in [6.45, 7) is 4.48. The van der Waals surface area contributed by atoms with Gasteiger partial charge in [-0.05, 0) is 68.7 Å². The van der Waals surface area contributed by atoms with Crippen molar-refractivity contribution in [1.29, 1.82) is 0 Å². The minimum atomic E-state index is 0.381.